The third kappa shape index (κ3) is 21.5. The second-order valence-corrected chi connectivity index (χ2v) is 34.8. The number of fused-ring (bicyclic) bond motifs is 15. The summed E-state index contributed by atoms with van der Waals surface area (Å²) in [5.41, 5.74) is 9.77. The molecule has 4 saturated heterocycles. The maximum atomic E-state index is 16.6. The zero-order valence-electron chi connectivity index (χ0n) is 70.0. The number of aromatic hydroxyl groups is 3. The second kappa shape index (κ2) is 40.5. The van der Waals surface area contributed by atoms with Gasteiger partial charge >= 0.3 is 5.97 Å². The topological polar surface area (TPSA) is 572 Å². The Hall–Kier alpha value is -9.82. The number of rotatable bonds is 22. The molecule has 11 bridgehead atoms. The Morgan fingerprint density at radius 2 is 1.31 bits per heavy atom. The van der Waals surface area contributed by atoms with E-state index in [0.29, 0.717) is 19.4 Å². The number of likely N-dealkylation sites (N-methyl/N-ethyl adjacent to an activating group) is 1. The summed E-state index contributed by atoms with van der Waals surface area (Å²) in [6.07, 6.45) is -28.8. The second-order valence-electron chi connectivity index (χ2n) is 34.0. The van der Waals surface area contributed by atoms with Crippen molar-refractivity contribution in [3.8, 4) is 57.1 Å². The Kier molecular flexibility index (Phi) is 30.2. The van der Waals surface area contributed by atoms with Crippen molar-refractivity contribution >= 4 is 70.3 Å². The number of unbranched alkanes of at least 4 members (excludes halogenated alkanes) is 1. The van der Waals surface area contributed by atoms with E-state index in [1.54, 1.807) is 0 Å². The average molecular weight is 1810 g/mol. The summed E-state index contributed by atoms with van der Waals surface area (Å²) in [5, 5.41) is 152. The van der Waals surface area contributed by atoms with Crippen LogP contribution in [0.4, 0.5) is 0 Å². The van der Waals surface area contributed by atoms with E-state index in [0.717, 1.165) is 81.3 Å². The third-order valence-corrected chi connectivity index (χ3v) is 24.8. The van der Waals surface area contributed by atoms with Crippen molar-refractivity contribution in [1.29, 1.82) is 0 Å². The summed E-state index contributed by atoms with van der Waals surface area (Å²) in [6, 6.07) is 14.7. The number of ether oxygens (including phenoxy) is 8. The molecule has 686 valence electrons. The number of Topliss-reactive ketones (excluding diaryl/α,β-unsaturated/α-hetero) is 2. The van der Waals surface area contributed by atoms with E-state index in [1.165, 1.54) is 56.8 Å². The summed E-state index contributed by atoms with van der Waals surface area (Å²) < 4.78 is 51.7. The molecule has 37 nitrogen and oxygen atoms in total. The van der Waals surface area contributed by atoms with Gasteiger partial charge in [-0.2, -0.15) is 0 Å². The molecule has 127 heavy (non-hydrogen) atoms. The first-order valence-electron chi connectivity index (χ1n) is 41.9. The molecule has 9 aliphatic heterocycles. The normalized spacial score (nSPS) is 30.7. The van der Waals surface area contributed by atoms with Crippen LogP contribution in [0.3, 0.4) is 0 Å². The molecule has 9 aliphatic rings. The molecule has 21 N–H and O–H groups in total. The number of carboxylic acids is 1. The van der Waals surface area contributed by atoms with E-state index in [1.807, 2.05) is 32.0 Å². The number of benzene rings is 6. The minimum absolute atomic E-state index is 0.104. The van der Waals surface area contributed by atoms with Crippen molar-refractivity contribution in [3.05, 3.63) is 153 Å². The highest BCUT2D eigenvalue weighted by atomic mass is 35.5. The number of aliphatic hydroxyl groups excluding tert-OH is 8. The number of phenols is 3. The van der Waals surface area contributed by atoms with Gasteiger partial charge in [0.05, 0.1) is 52.8 Å². The number of primary amides is 1. The molecule has 0 aromatic heterocycles. The first kappa shape index (κ1) is 94.8. The van der Waals surface area contributed by atoms with Crippen molar-refractivity contribution < 1.29 is 138 Å². The maximum absolute atomic E-state index is 16.6. The standard InChI is InChI=1S/C88H107Cl2N9O28/c1-39(2)25-53(93-5)83(116)96-69-56(104)29-46(32-64(91)106)81(114)94-67-45-30-61(121-58-18-15-43(71(69)107)27-51(58)89)78(126-87-76(112)74(110)79(63(38-100)124-87)127-86-75(111)73(109)72(108)60(123-86)13-9-10-20-98-21-23-99(24-22-98)37-41-11-7-6-8-12-41)62(31-45)122-59-19-16-44(28-52(59)90)77(125-65-36-88(4,92)80(113)40(3)120-65)70-84(117)95-68(85(118)119)50-33-47(101)34-55(103)66(50)49-26-42(14-17-54(49)102)48(35-57(67)105)82(115)97-70/h6-8,11-12,14-19,26-28,30-31,33-34,39-40,46,48,53,60,63,65,67-77,79-80,86-87,93,100-103,107-113H,9-10,13,20-25,29,32,35-38,92H2,1-5H3,(H2,91,106)(H,94,114)(H,95,117)(H,96,116)(H,97,115)(H,118,119)/t40-,46-,48+,53+,60+,63+,65?,67+,68+,69?,70-,71+,72-,73-,74+,75+,76+,77+,79+,80-,86-,87-,88-/m0/s1. The summed E-state index contributed by atoms with van der Waals surface area (Å²) in [6.45, 7) is 10.4. The SMILES string of the molecule is CN[C@H](CC(C)C)C(=O)NC1C(=O)C[C@@H](CC(N)=O)C(=O)N[C@H]2C(=O)C[C@H]3C(=O)N[C@H](C(=O)N[C@@H](C(=O)O)c4cc(O)cc(O)c4-c4cc3ccc4O)[C@H](OC3C[C@](C)(N)[C@@H](O)[C@H](C)O3)c3ccc(c(Cl)c3)Oc3cc2cc(c3O[C@@H]2O[C@H](CO)[C@@H](O[C@@H]3O[C@H](CCCCN4CCN(Cc5ccccc5)CC4)[C@H](O)[C@H](O)[C@H]3O)[C@H](O)[C@H]2O)Oc2ccc(cc2Cl)[C@H]1O. The fourth-order valence-corrected chi connectivity index (χ4v) is 17.7. The zero-order valence-corrected chi connectivity index (χ0v) is 71.5. The van der Waals surface area contributed by atoms with Gasteiger partial charge in [0.2, 0.25) is 41.6 Å². The van der Waals surface area contributed by atoms with E-state index >= 15 is 24.0 Å². The highest BCUT2D eigenvalue weighted by Crippen LogP contribution is 2.51. The predicted molar refractivity (Wildman–Crippen MR) is 450 cm³/mol. The van der Waals surface area contributed by atoms with Crippen LogP contribution in [-0.2, 0) is 68.6 Å². The summed E-state index contributed by atoms with van der Waals surface area (Å²) in [7, 11) is 1.49. The van der Waals surface area contributed by atoms with Crippen molar-refractivity contribution in [2.75, 3.05) is 46.4 Å². The van der Waals surface area contributed by atoms with Crippen molar-refractivity contribution in [2.45, 2.75) is 219 Å². The number of nitrogens with one attached hydrogen (secondary N) is 5. The summed E-state index contributed by atoms with van der Waals surface area (Å²) >= 11 is 14.6. The number of ketones is 2. The minimum Gasteiger partial charge on any atom is -0.508 e. The number of carbonyl (C=O) groups is 8. The Labute approximate surface area is 739 Å². The molecule has 4 fully saturated rings. The van der Waals surface area contributed by atoms with Gasteiger partial charge < -0.3 is 142 Å². The van der Waals surface area contributed by atoms with E-state index in [-0.39, 0.29) is 52.6 Å². The first-order valence-corrected chi connectivity index (χ1v) is 42.7. The number of aliphatic carboxylic acids is 1. The molecule has 6 aromatic rings. The summed E-state index contributed by atoms with van der Waals surface area (Å²) in [4.78, 5) is 126. The molecule has 23 atom stereocenters. The number of carboxylic acid groups (broad SMARTS) is 1. The average Bonchev–Trinajstić information content (AvgIpc) is 0.768. The van der Waals surface area contributed by atoms with Crippen LogP contribution in [0.25, 0.3) is 11.1 Å². The fraction of sp³-hybridized carbons (Fsp3) is 0.500. The minimum atomic E-state index is -2.32. The van der Waals surface area contributed by atoms with Crippen LogP contribution in [0, 0.1) is 11.8 Å². The predicted octanol–water partition coefficient (Wildman–Crippen LogP) is 2.90. The number of amides is 5. The van der Waals surface area contributed by atoms with Crippen molar-refractivity contribution in [2.24, 2.45) is 23.3 Å². The lowest BCUT2D eigenvalue weighted by molar-refractivity contribution is -0.351. The van der Waals surface area contributed by atoms with Gasteiger partial charge in [-0.1, -0.05) is 85.6 Å². The van der Waals surface area contributed by atoms with Crippen LogP contribution in [0.15, 0.2) is 109 Å². The van der Waals surface area contributed by atoms with Gasteiger partial charge in [0.15, 0.2) is 41.7 Å². The van der Waals surface area contributed by atoms with Gasteiger partial charge in [-0.15, -0.1) is 0 Å². The van der Waals surface area contributed by atoms with Gasteiger partial charge in [-0.05, 0) is 141 Å². The van der Waals surface area contributed by atoms with Gasteiger partial charge in [0.25, 0.3) is 0 Å². The van der Waals surface area contributed by atoms with E-state index in [4.69, 9.17) is 72.6 Å². The Bertz CT molecular complexity index is 5030. The number of phenolic OH excluding ortho intramolecular Hbond substituents is 3. The molecule has 9 heterocycles. The number of hydrogen-bond donors (Lipinski definition) is 19. The molecule has 0 aliphatic carbocycles. The molecule has 39 heteroatoms. The number of aliphatic hydroxyl groups is 8. The van der Waals surface area contributed by atoms with E-state index in [2.05, 4.69) is 48.5 Å². The number of carbonyl (C=O) groups excluding carboxylic acids is 7. The molecule has 0 saturated carbocycles. The highest BCUT2D eigenvalue weighted by Gasteiger charge is 2.53. The van der Waals surface area contributed by atoms with Gasteiger partial charge in [-0.3, -0.25) is 38.5 Å². The van der Waals surface area contributed by atoms with Crippen molar-refractivity contribution in [3.63, 3.8) is 0 Å². The monoisotopic (exact) mass is 1810 g/mol. The quantitative estimate of drug-likeness (QED) is 0.0434. The van der Waals surface area contributed by atoms with Crippen LogP contribution >= 0.6 is 23.2 Å². The van der Waals surface area contributed by atoms with Crippen LogP contribution in [-0.4, -0.2) is 268 Å². The molecular formula is C88H107Cl2N9O28. The van der Waals surface area contributed by atoms with Crippen molar-refractivity contribution in [1.82, 2.24) is 36.4 Å². The molecule has 0 spiro atoms. The lowest BCUT2D eigenvalue weighted by Crippen LogP contribution is -2.64. The van der Waals surface area contributed by atoms with Crippen LogP contribution < -0.4 is 52.3 Å². The lowest BCUT2D eigenvalue weighted by atomic mass is 9.84. The number of nitrogens with two attached hydrogens (primary N) is 2. The maximum Gasteiger partial charge on any atom is 0.330 e. The van der Waals surface area contributed by atoms with Gasteiger partial charge in [-0.25, -0.2) is 4.79 Å². The van der Waals surface area contributed by atoms with Gasteiger partial charge in [0.1, 0.15) is 102 Å². The lowest BCUT2D eigenvalue weighted by Gasteiger charge is -2.46. The number of hydrogen-bond acceptors (Lipinski definition) is 31. The van der Waals surface area contributed by atoms with Gasteiger partial charge in [0, 0.05) is 86.7 Å². The fourth-order valence-electron chi connectivity index (χ4n) is 17.3. The molecule has 15 rings (SSSR count). The number of halogens is 2. The van der Waals surface area contributed by atoms with Crippen LogP contribution in [0.5, 0.6) is 46.0 Å². The highest BCUT2D eigenvalue weighted by molar-refractivity contribution is 6.32. The number of piperazine rings is 1. The molecule has 5 amide bonds. The van der Waals surface area contributed by atoms with E-state index < -0.39 is 280 Å². The Morgan fingerprint density at radius 1 is 0.669 bits per heavy atom. The Morgan fingerprint density at radius 3 is 1.95 bits per heavy atom. The Balaban J connectivity index is 0.939. The smallest absolute Gasteiger partial charge is 0.330 e. The third-order valence-electron chi connectivity index (χ3n) is 24.2. The van der Waals surface area contributed by atoms with E-state index in [9.17, 15) is 75.7 Å². The molecule has 2 unspecified atom stereocenters. The molecule has 0 radical (unpaired) electrons. The number of nitrogens with zero attached hydrogens (tertiary/aromatic N) is 2. The zero-order chi connectivity index (χ0) is 91.5. The van der Waals surface area contributed by atoms with Crippen LogP contribution in [0.2, 0.25) is 10.0 Å². The molecule has 6 aromatic carbocycles. The van der Waals surface area contributed by atoms with Crippen LogP contribution in [0.1, 0.15) is 143 Å². The first-order chi connectivity index (χ1) is 60.4. The molecular weight excluding hydrogens is 1700 g/mol. The largest absolute Gasteiger partial charge is 0.508 e. The summed E-state index contributed by atoms with van der Waals surface area (Å²) in [5.74, 6) is -19.2.